The van der Waals surface area contributed by atoms with Crippen LogP contribution in [0.15, 0.2) is 4.52 Å². The van der Waals surface area contributed by atoms with Crippen LogP contribution in [0.3, 0.4) is 0 Å². The molecule has 0 radical (unpaired) electrons. The minimum atomic E-state index is -0.393. The van der Waals surface area contributed by atoms with E-state index in [0.717, 1.165) is 24.6 Å². The third kappa shape index (κ3) is 3.53. The third-order valence-electron chi connectivity index (χ3n) is 3.44. The first-order chi connectivity index (χ1) is 8.65. The lowest BCUT2D eigenvalue weighted by atomic mass is 9.83. The third-order valence-corrected chi connectivity index (χ3v) is 3.44. The van der Waals surface area contributed by atoms with Crippen LogP contribution in [0.1, 0.15) is 50.2 Å². The molecule has 2 rings (SSSR count). The van der Waals surface area contributed by atoms with Gasteiger partial charge in [0.1, 0.15) is 0 Å². The van der Waals surface area contributed by atoms with Crippen LogP contribution in [-0.2, 0) is 11.3 Å². The molecular formula is C12H20N4O2. The minimum Gasteiger partial charge on any atom is -0.369 e. The van der Waals surface area contributed by atoms with Gasteiger partial charge < -0.3 is 10.3 Å². The van der Waals surface area contributed by atoms with E-state index in [2.05, 4.69) is 22.4 Å². The van der Waals surface area contributed by atoms with Gasteiger partial charge in [0.25, 0.3) is 0 Å². The first-order valence-electron chi connectivity index (χ1n) is 6.46. The number of primary amides is 1. The summed E-state index contributed by atoms with van der Waals surface area (Å²) in [6, 6.07) is 0. The van der Waals surface area contributed by atoms with Crippen molar-refractivity contribution in [2.24, 2.45) is 11.7 Å². The molecule has 3 N–H and O–H groups in total. The molecule has 0 spiro atoms. The average molecular weight is 252 g/mol. The summed E-state index contributed by atoms with van der Waals surface area (Å²) in [7, 11) is 0. The number of rotatable bonds is 5. The predicted molar refractivity (Wildman–Crippen MR) is 65.6 cm³/mol. The molecular weight excluding hydrogens is 232 g/mol. The molecule has 1 heterocycles. The van der Waals surface area contributed by atoms with E-state index in [4.69, 9.17) is 10.3 Å². The van der Waals surface area contributed by atoms with Gasteiger partial charge in [0, 0.05) is 5.92 Å². The SMILES string of the molecule is CC1CCC(c2noc(CNCC(N)=O)n2)CC1. The Hall–Kier alpha value is -1.43. The molecule has 0 unspecified atom stereocenters. The van der Waals surface area contributed by atoms with E-state index in [1.165, 1.54) is 12.8 Å². The molecule has 18 heavy (non-hydrogen) atoms. The summed E-state index contributed by atoms with van der Waals surface area (Å²) in [5.41, 5.74) is 5.02. The van der Waals surface area contributed by atoms with Gasteiger partial charge in [0.2, 0.25) is 11.8 Å². The highest BCUT2D eigenvalue weighted by atomic mass is 16.5. The van der Waals surface area contributed by atoms with E-state index in [9.17, 15) is 4.79 Å². The summed E-state index contributed by atoms with van der Waals surface area (Å²) in [4.78, 5) is 14.9. The van der Waals surface area contributed by atoms with Crippen molar-refractivity contribution >= 4 is 5.91 Å². The first-order valence-corrected chi connectivity index (χ1v) is 6.46. The Labute approximate surface area is 106 Å². The summed E-state index contributed by atoms with van der Waals surface area (Å²) in [5.74, 6) is 2.17. The highest BCUT2D eigenvalue weighted by Crippen LogP contribution is 2.33. The second-order valence-electron chi connectivity index (χ2n) is 5.07. The largest absolute Gasteiger partial charge is 0.369 e. The molecule has 1 aliphatic rings. The second kappa shape index (κ2) is 5.95. The van der Waals surface area contributed by atoms with Gasteiger partial charge in [0.05, 0.1) is 13.1 Å². The molecule has 6 nitrogen and oxygen atoms in total. The Kier molecular flexibility index (Phi) is 4.30. The van der Waals surface area contributed by atoms with Crippen molar-refractivity contribution in [1.82, 2.24) is 15.5 Å². The Balaban J connectivity index is 1.84. The maximum absolute atomic E-state index is 10.6. The summed E-state index contributed by atoms with van der Waals surface area (Å²) in [5, 5.41) is 6.87. The standard InChI is InChI=1S/C12H20N4O2/c1-8-2-4-9(5-3-8)12-15-11(18-16-12)7-14-6-10(13)17/h8-9,14H,2-7H2,1H3,(H2,13,17). The minimum absolute atomic E-state index is 0.124. The highest BCUT2D eigenvalue weighted by Gasteiger charge is 2.23. The predicted octanol–water partition coefficient (Wildman–Crippen LogP) is 0.938. The van der Waals surface area contributed by atoms with Crippen molar-refractivity contribution in [2.45, 2.75) is 45.1 Å². The number of carbonyl (C=O) groups is 1. The maximum Gasteiger partial charge on any atom is 0.240 e. The van der Waals surface area contributed by atoms with E-state index in [1.54, 1.807) is 0 Å². The summed E-state index contributed by atoms with van der Waals surface area (Å²) < 4.78 is 5.15. The van der Waals surface area contributed by atoms with Crippen molar-refractivity contribution in [3.8, 4) is 0 Å². The zero-order valence-electron chi connectivity index (χ0n) is 10.7. The van der Waals surface area contributed by atoms with E-state index < -0.39 is 5.91 Å². The fourth-order valence-corrected chi connectivity index (χ4v) is 2.32. The van der Waals surface area contributed by atoms with Gasteiger partial charge in [-0.2, -0.15) is 4.98 Å². The van der Waals surface area contributed by atoms with Crippen LogP contribution in [0.25, 0.3) is 0 Å². The molecule has 6 heteroatoms. The van der Waals surface area contributed by atoms with E-state index in [-0.39, 0.29) is 6.54 Å². The molecule has 1 fully saturated rings. The van der Waals surface area contributed by atoms with Gasteiger partial charge in [-0.05, 0) is 18.8 Å². The Bertz CT molecular complexity index is 397. The van der Waals surface area contributed by atoms with Crippen molar-refractivity contribution in [3.05, 3.63) is 11.7 Å². The molecule has 100 valence electrons. The zero-order chi connectivity index (χ0) is 13.0. The van der Waals surface area contributed by atoms with Crippen molar-refractivity contribution in [2.75, 3.05) is 6.54 Å². The molecule has 0 aliphatic heterocycles. The summed E-state index contributed by atoms with van der Waals surface area (Å²) in [6.07, 6.45) is 4.73. The Morgan fingerprint density at radius 1 is 1.44 bits per heavy atom. The lowest BCUT2D eigenvalue weighted by Gasteiger charge is -2.23. The van der Waals surface area contributed by atoms with Crippen LogP contribution in [0.2, 0.25) is 0 Å². The van der Waals surface area contributed by atoms with Crippen LogP contribution in [-0.4, -0.2) is 22.6 Å². The fourth-order valence-electron chi connectivity index (χ4n) is 2.32. The molecule has 0 aromatic carbocycles. The Morgan fingerprint density at radius 2 is 2.17 bits per heavy atom. The zero-order valence-corrected chi connectivity index (χ0v) is 10.7. The lowest BCUT2D eigenvalue weighted by Crippen LogP contribution is -2.28. The van der Waals surface area contributed by atoms with Crippen LogP contribution in [0.4, 0.5) is 0 Å². The van der Waals surface area contributed by atoms with Gasteiger partial charge in [-0.15, -0.1) is 0 Å². The monoisotopic (exact) mass is 252 g/mol. The van der Waals surface area contributed by atoms with Gasteiger partial charge in [-0.3, -0.25) is 10.1 Å². The molecule has 1 aromatic heterocycles. The number of hydrogen-bond acceptors (Lipinski definition) is 5. The number of carbonyl (C=O) groups excluding carboxylic acids is 1. The maximum atomic E-state index is 10.6. The molecule has 0 atom stereocenters. The van der Waals surface area contributed by atoms with Gasteiger partial charge in [0.15, 0.2) is 5.82 Å². The van der Waals surface area contributed by atoms with Gasteiger partial charge in [-0.1, -0.05) is 24.9 Å². The number of nitrogens with two attached hydrogens (primary N) is 1. The lowest BCUT2D eigenvalue weighted by molar-refractivity contribution is -0.117. The van der Waals surface area contributed by atoms with Crippen molar-refractivity contribution in [3.63, 3.8) is 0 Å². The molecule has 1 saturated carbocycles. The molecule has 1 amide bonds. The van der Waals surface area contributed by atoms with Gasteiger partial charge in [-0.25, -0.2) is 0 Å². The van der Waals surface area contributed by atoms with Crippen LogP contribution in [0, 0.1) is 5.92 Å². The Morgan fingerprint density at radius 3 is 2.83 bits per heavy atom. The number of nitrogens with one attached hydrogen (secondary N) is 1. The van der Waals surface area contributed by atoms with Gasteiger partial charge >= 0.3 is 0 Å². The number of amides is 1. The average Bonchev–Trinajstić information content (AvgIpc) is 2.78. The molecule has 0 bridgehead atoms. The second-order valence-corrected chi connectivity index (χ2v) is 5.07. The highest BCUT2D eigenvalue weighted by molar-refractivity contribution is 5.75. The molecule has 1 aliphatic carbocycles. The fraction of sp³-hybridized carbons (Fsp3) is 0.750. The van der Waals surface area contributed by atoms with Crippen LogP contribution >= 0.6 is 0 Å². The number of aromatic nitrogens is 2. The van der Waals surface area contributed by atoms with E-state index in [1.807, 2.05) is 0 Å². The number of hydrogen-bond donors (Lipinski definition) is 2. The smallest absolute Gasteiger partial charge is 0.240 e. The number of nitrogens with zero attached hydrogens (tertiary/aromatic N) is 2. The summed E-state index contributed by atoms with van der Waals surface area (Å²) >= 11 is 0. The quantitative estimate of drug-likeness (QED) is 0.813. The van der Waals surface area contributed by atoms with Crippen LogP contribution in [0.5, 0.6) is 0 Å². The molecule has 0 saturated heterocycles. The first kappa shape index (κ1) is 13.0. The topological polar surface area (TPSA) is 94.0 Å². The van der Waals surface area contributed by atoms with E-state index >= 15 is 0 Å². The van der Waals surface area contributed by atoms with E-state index in [0.29, 0.717) is 18.4 Å². The van der Waals surface area contributed by atoms with Crippen molar-refractivity contribution < 1.29 is 9.32 Å². The normalized spacial score (nSPS) is 24.1. The van der Waals surface area contributed by atoms with Crippen LogP contribution < -0.4 is 11.1 Å². The van der Waals surface area contributed by atoms with Crippen molar-refractivity contribution in [1.29, 1.82) is 0 Å². The molecule has 1 aromatic rings. The summed E-state index contributed by atoms with van der Waals surface area (Å²) in [6.45, 7) is 2.79.